The van der Waals surface area contributed by atoms with Crippen LogP contribution in [0.2, 0.25) is 0 Å². The predicted octanol–water partition coefficient (Wildman–Crippen LogP) is 3.34. The highest BCUT2D eigenvalue weighted by Crippen LogP contribution is 2.26. The van der Waals surface area contributed by atoms with Gasteiger partial charge in [0.05, 0.1) is 0 Å². The minimum atomic E-state index is 0.376. The molecule has 0 bridgehead atoms. The van der Waals surface area contributed by atoms with E-state index in [4.69, 9.17) is 0 Å². The van der Waals surface area contributed by atoms with Gasteiger partial charge in [-0.1, -0.05) is 27.7 Å². The molecular weight excluding hydrogens is 224 g/mol. The summed E-state index contributed by atoms with van der Waals surface area (Å²) in [5.74, 6) is 2.64. The second-order valence-electron chi connectivity index (χ2n) is 6.29. The van der Waals surface area contributed by atoms with E-state index in [-0.39, 0.29) is 0 Å². The molecule has 1 rings (SSSR count). The molecule has 1 atom stereocenters. The standard InChI is InChI=1S/C14H28N4/c1-7-15-13-17-16-12(18(13)8-2)9-11(3)10-14(4,5)6/h11H,7-10H2,1-6H3,(H,15,17). The smallest absolute Gasteiger partial charge is 0.224 e. The molecule has 0 aliphatic heterocycles. The lowest BCUT2D eigenvalue weighted by Gasteiger charge is -2.23. The maximum absolute atomic E-state index is 4.33. The summed E-state index contributed by atoms with van der Waals surface area (Å²) in [4.78, 5) is 0. The number of anilines is 1. The van der Waals surface area contributed by atoms with Gasteiger partial charge in [-0.3, -0.25) is 4.57 Å². The van der Waals surface area contributed by atoms with Gasteiger partial charge in [0.15, 0.2) is 0 Å². The first kappa shape index (κ1) is 15.0. The number of nitrogens with zero attached hydrogens (tertiary/aromatic N) is 3. The van der Waals surface area contributed by atoms with Gasteiger partial charge in [0, 0.05) is 19.5 Å². The maximum Gasteiger partial charge on any atom is 0.224 e. The minimum absolute atomic E-state index is 0.376. The lowest BCUT2D eigenvalue weighted by atomic mass is 9.84. The Morgan fingerprint density at radius 2 is 1.89 bits per heavy atom. The molecule has 1 aromatic rings. The van der Waals surface area contributed by atoms with Gasteiger partial charge in [-0.15, -0.1) is 10.2 Å². The van der Waals surface area contributed by atoms with Crippen LogP contribution in [0.15, 0.2) is 0 Å². The van der Waals surface area contributed by atoms with Crippen molar-refractivity contribution in [2.24, 2.45) is 11.3 Å². The summed E-state index contributed by atoms with van der Waals surface area (Å²) in [7, 11) is 0. The molecule has 0 aromatic carbocycles. The lowest BCUT2D eigenvalue weighted by Crippen LogP contribution is -2.15. The van der Waals surface area contributed by atoms with Gasteiger partial charge in [-0.2, -0.15) is 0 Å². The summed E-state index contributed by atoms with van der Waals surface area (Å²) in [5, 5.41) is 11.8. The van der Waals surface area contributed by atoms with Crippen molar-refractivity contribution in [2.45, 2.75) is 60.9 Å². The Kier molecular flexibility index (Phi) is 5.17. The maximum atomic E-state index is 4.33. The Morgan fingerprint density at radius 1 is 1.22 bits per heavy atom. The van der Waals surface area contributed by atoms with Gasteiger partial charge in [-0.05, 0) is 31.6 Å². The highest BCUT2D eigenvalue weighted by Gasteiger charge is 2.18. The molecule has 18 heavy (non-hydrogen) atoms. The first-order chi connectivity index (χ1) is 8.37. The SMILES string of the molecule is CCNc1nnc(CC(C)CC(C)(C)C)n1CC. The molecule has 0 saturated heterocycles. The largest absolute Gasteiger partial charge is 0.355 e. The molecule has 4 heteroatoms. The molecule has 0 saturated carbocycles. The Balaban J connectivity index is 2.72. The number of rotatable bonds is 6. The molecule has 0 amide bonds. The van der Waals surface area contributed by atoms with Gasteiger partial charge >= 0.3 is 0 Å². The first-order valence-corrected chi connectivity index (χ1v) is 7.03. The van der Waals surface area contributed by atoms with E-state index in [0.29, 0.717) is 11.3 Å². The molecule has 1 unspecified atom stereocenters. The van der Waals surface area contributed by atoms with E-state index in [1.807, 2.05) is 0 Å². The Hall–Kier alpha value is -1.06. The normalized spacial score (nSPS) is 13.7. The molecular formula is C14H28N4. The van der Waals surface area contributed by atoms with E-state index in [0.717, 1.165) is 31.3 Å². The summed E-state index contributed by atoms with van der Waals surface area (Å²) in [6.45, 7) is 15.2. The molecule has 104 valence electrons. The van der Waals surface area contributed by atoms with Crippen molar-refractivity contribution in [1.82, 2.24) is 14.8 Å². The van der Waals surface area contributed by atoms with Gasteiger partial charge in [0.2, 0.25) is 5.95 Å². The molecule has 1 N–H and O–H groups in total. The van der Waals surface area contributed by atoms with Crippen molar-refractivity contribution in [3.05, 3.63) is 5.82 Å². The van der Waals surface area contributed by atoms with Crippen LogP contribution in [0.3, 0.4) is 0 Å². The van der Waals surface area contributed by atoms with Gasteiger partial charge < -0.3 is 5.32 Å². The zero-order chi connectivity index (χ0) is 13.8. The second-order valence-corrected chi connectivity index (χ2v) is 6.29. The van der Waals surface area contributed by atoms with E-state index in [1.54, 1.807) is 0 Å². The summed E-state index contributed by atoms with van der Waals surface area (Å²) in [5.41, 5.74) is 0.376. The molecule has 1 heterocycles. The molecule has 0 spiro atoms. The fourth-order valence-electron chi connectivity index (χ4n) is 2.54. The van der Waals surface area contributed by atoms with Crippen molar-refractivity contribution in [1.29, 1.82) is 0 Å². The van der Waals surface area contributed by atoms with Crippen LogP contribution in [-0.2, 0) is 13.0 Å². The van der Waals surface area contributed by atoms with Gasteiger partial charge in [0.25, 0.3) is 0 Å². The summed E-state index contributed by atoms with van der Waals surface area (Å²) in [6, 6.07) is 0. The van der Waals surface area contributed by atoms with Crippen molar-refractivity contribution in [3.63, 3.8) is 0 Å². The molecule has 1 aromatic heterocycles. The third-order valence-corrected chi connectivity index (χ3v) is 2.97. The van der Waals surface area contributed by atoms with Crippen molar-refractivity contribution in [3.8, 4) is 0 Å². The van der Waals surface area contributed by atoms with E-state index in [1.165, 1.54) is 6.42 Å². The average molecular weight is 252 g/mol. The molecule has 0 aliphatic rings. The Bertz CT molecular complexity index is 362. The molecule has 4 nitrogen and oxygen atoms in total. The topological polar surface area (TPSA) is 42.7 Å². The van der Waals surface area contributed by atoms with Crippen molar-refractivity contribution in [2.75, 3.05) is 11.9 Å². The lowest BCUT2D eigenvalue weighted by molar-refractivity contribution is 0.302. The first-order valence-electron chi connectivity index (χ1n) is 7.03. The van der Waals surface area contributed by atoms with E-state index >= 15 is 0 Å². The van der Waals surface area contributed by atoms with Crippen LogP contribution >= 0.6 is 0 Å². The van der Waals surface area contributed by atoms with Gasteiger partial charge in [0.1, 0.15) is 5.82 Å². The fraction of sp³-hybridized carbons (Fsp3) is 0.857. The third kappa shape index (κ3) is 4.31. The summed E-state index contributed by atoms with van der Waals surface area (Å²) < 4.78 is 2.18. The summed E-state index contributed by atoms with van der Waals surface area (Å²) >= 11 is 0. The quantitative estimate of drug-likeness (QED) is 0.844. The summed E-state index contributed by atoms with van der Waals surface area (Å²) in [6.07, 6.45) is 2.21. The van der Waals surface area contributed by atoms with Crippen molar-refractivity contribution >= 4 is 5.95 Å². The highest BCUT2D eigenvalue weighted by atomic mass is 15.3. The molecule has 0 fully saturated rings. The minimum Gasteiger partial charge on any atom is -0.355 e. The van der Waals surface area contributed by atoms with Gasteiger partial charge in [-0.25, -0.2) is 0 Å². The Labute approximate surface area is 111 Å². The van der Waals surface area contributed by atoms with Crippen LogP contribution in [0.4, 0.5) is 5.95 Å². The zero-order valence-electron chi connectivity index (χ0n) is 12.7. The second kappa shape index (κ2) is 6.21. The predicted molar refractivity (Wildman–Crippen MR) is 76.8 cm³/mol. The number of hydrogen-bond donors (Lipinski definition) is 1. The number of hydrogen-bond acceptors (Lipinski definition) is 3. The monoisotopic (exact) mass is 252 g/mol. The van der Waals surface area contributed by atoms with Crippen LogP contribution in [0.25, 0.3) is 0 Å². The average Bonchev–Trinajstić information content (AvgIpc) is 2.58. The van der Waals surface area contributed by atoms with Crippen LogP contribution in [0.1, 0.15) is 53.8 Å². The van der Waals surface area contributed by atoms with E-state index < -0.39 is 0 Å². The Morgan fingerprint density at radius 3 is 2.39 bits per heavy atom. The van der Waals surface area contributed by atoms with Crippen LogP contribution < -0.4 is 5.32 Å². The van der Waals surface area contributed by atoms with Crippen LogP contribution in [0.5, 0.6) is 0 Å². The van der Waals surface area contributed by atoms with Crippen LogP contribution in [-0.4, -0.2) is 21.3 Å². The number of aromatic nitrogens is 3. The molecule has 0 aliphatic carbocycles. The highest BCUT2D eigenvalue weighted by molar-refractivity contribution is 5.25. The van der Waals surface area contributed by atoms with Crippen LogP contribution in [0, 0.1) is 11.3 Å². The van der Waals surface area contributed by atoms with E-state index in [9.17, 15) is 0 Å². The molecule has 0 radical (unpaired) electrons. The number of nitrogens with one attached hydrogen (secondary N) is 1. The zero-order valence-corrected chi connectivity index (χ0v) is 12.7. The third-order valence-electron chi connectivity index (χ3n) is 2.97. The fourth-order valence-corrected chi connectivity index (χ4v) is 2.54. The van der Waals surface area contributed by atoms with E-state index in [2.05, 4.69) is 61.6 Å². The van der Waals surface area contributed by atoms with Crippen molar-refractivity contribution < 1.29 is 0 Å².